The molecule has 1 N–H and O–H groups in total. The van der Waals surface area contributed by atoms with Crippen molar-refractivity contribution in [1.82, 2.24) is 20.1 Å². The predicted molar refractivity (Wildman–Crippen MR) is 122 cm³/mol. The van der Waals surface area contributed by atoms with E-state index in [-0.39, 0.29) is 24.5 Å². The highest BCUT2D eigenvalue weighted by molar-refractivity contribution is 5.92. The number of benzene rings is 1. The molecule has 1 saturated carbocycles. The van der Waals surface area contributed by atoms with E-state index >= 15 is 0 Å². The number of methoxy groups -OCH3 is 1. The largest absolute Gasteiger partial charge is 0.497 e. The fourth-order valence-corrected chi connectivity index (χ4v) is 3.87. The van der Waals surface area contributed by atoms with Crippen LogP contribution in [0.3, 0.4) is 0 Å². The SMILES string of the molecule is COc1ccc(C(NC(=O)COC(=O)c2cnn(-c3ccccn3)c2C(C)C)C2CC2)cc1. The Kier molecular flexibility index (Phi) is 6.72. The molecule has 8 nitrogen and oxygen atoms in total. The summed E-state index contributed by atoms with van der Waals surface area (Å²) < 4.78 is 12.2. The second-order valence-corrected chi connectivity index (χ2v) is 8.43. The van der Waals surface area contributed by atoms with Crippen molar-refractivity contribution in [2.75, 3.05) is 13.7 Å². The van der Waals surface area contributed by atoms with E-state index in [1.54, 1.807) is 18.0 Å². The summed E-state index contributed by atoms with van der Waals surface area (Å²) in [7, 11) is 1.62. The van der Waals surface area contributed by atoms with E-state index < -0.39 is 5.97 Å². The Bertz CT molecular complexity index is 1110. The standard InChI is InChI=1S/C25H28N4O4/c1-16(2)24-20(14-27-29(24)21-6-4-5-13-26-21)25(31)33-15-22(30)28-23(17-7-8-17)18-9-11-19(32-3)12-10-18/h4-6,9-14,16-17,23H,7-8,15H2,1-3H3,(H,28,30). The number of aromatic nitrogens is 3. The van der Waals surface area contributed by atoms with Gasteiger partial charge in [-0.15, -0.1) is 0 Å². The first kappa shape index (κ1) is 22.5. The topological polar surface area (TPSA) is 95.3 Å². The van der Waals surface area contributed by atoms with Gasteiger partial charge in [-0.2, -0.15) is 5.10 Å². The van der Waals surface area contributed by atoms with Crippen molar-refractivity contribution in [2.24, 2.45) is 5.92 Å². The molecule has 33 heavy (non-hydrogen) atoms. The van der Waals surface area contributed by atoms with Crippen LogP contribution in [0.5, 0.6) is 5.75 Å². The van der Waals surface area contributed by atoms with Crippen molar-refractivity contribution in [1.29, 1.82) is 0 Å². The van der Waals surface area contributed by atoms with Gasteiger partial charge < -0.3 is 14.8 Å². The maximum atomic E-state index is 12.8. The number of pyridine rings is 1. The first-order valence-electron chi connectivity index (χ1n) is 11.1. The minimum atomic E-state index is -0.580. The Balaban J connectivity index is 1.42. The molecule has 2 aromatic heterocycles. The van der Waals surface area contributed by atoms with Crippen molar-refractivity contribution in [3.05, 3.63) is 71.7 Å². The van der Waals surface area contributed by atoms with Crippen LogP contribution in [0.2, 0.25) is 0 Å². The van der Waals surface area contributed by atoms with E-state index in [0.717, 1.165) is 24.2 Å². The number of ether oxygens (including phenoxy) is 2. The van der Waals surface area contributed by atoms with Crippen LogP contribution < -0.4 is 10.1 Å². The van der Waals surface area contributed by atoms with Crippen LogP contribution in [0.25, 0.3) is 5.82 Å². The third-order valence-corrected chi connectivity index (χ3v) is 5.66. The molecule has 1 aliphatic rings. The Morgan fingerprint density at radius 1 is 1.15 bits per heavy atom. The van der Waals surface area contributed by atoms with Crippen LogP contribution in [0.15, 0.2) is 54.9 Å². The summed E-state index contributed by atoms with van der Waals surface area (Å²) in [6.45, 7) is 3.58. The van der Waals surface area contributed by atoms with Gasteiger partial charge in [0.05, 0.1) is 25.0 Å². The third-order valence-electron chi connectivity index (χ3n) is 5.66. The van der Waals surface area contributed by atoms with E-state index in [0.29, 0.717) is 23.0 Å². The van der Waals surface area contributed by atoms with Gasteiger partial charge in [-0.1, -0.05) is 32.0 Å². The zero-order chi connectivity index (χ0) is 23.4. The van der Waals surface area contributed by atoms with Crippen LogP contribution in [0.4, 0.5) is 0 Å². The van der Waals surface area contributed by atoms with E-state index in [1.807, 2.05) is 56.3 Å². The molecule has 1 aromatic carbocycles. The molecule has 4 rings (SSSR count). The van der Waals surface area contributed by atoms with Gasteiger partial charge in [-0.3, -0.25) is 4.79 Å². The van der Waals surface area contributed by atoms with E-state index in [9.17, 15) is 9.59 Å². The molecule has 2 heterocycles. The number of carbonyl (C=O) groups is 2. The highest BCUT2D eigenvalue weighted by Crippen LogP contribution is 2.41. The maximum Gasteiger partial charge on any atom is 0.342 e. The van der Waals surface area contributed by atoms with Crippen LogP contribution in [0.1, 0.15) is 60.3 Å². The summed E-state index contributed by atoms with van der Waals surface area (Å²) in [4.78, 5) is 29.7. The van der Waals surface area contributed by atoms with Crippen LogP contribution in [-0.4, -0.2) is 40.4 Å². The summed E-state index contributed by atoms with van der Waals surface area (Å²) >= 11 is 0. The zero-order valence-corrected chi connectivity index (χ0v) is 19.0. The Hall–Kier alpha value is -3.68. The normalized spacial score (nSPS) is 14.1. The summed E-state index contributed by atoms with van der Waals surface area (Å²) in [5, 5.41) is 7.35. The molecule has 1 amide bonds. The van der Waals surface area contributed by atoms with Gasteiger partial charge in [-0.05, 0) is 54.5 Å². The molecule has 1 unspecified atom stereocenters. The van der Waals surface area contributed by atoms with Crippen molar-refractivity contribution in [3.63, 3.8) is 0 Å². The second kappa shape index (κ2) is 9.85. The van der Waals surface area contributed by atoms with Gasteiger partial charge in [0.25, 0.3) is 5.91 Å². The average molecular weight is 449 g/mol. The molecule has 0 spiro atoms. The quantitative estimate of drug-likeness (QED) is 0.500. The molecule has 172 valence electrons. The summed E-state index contributed by atoms with van der Waals surface area (Å²) in [6, 6.07) is 13.0. The molecule has 1 fully saturated rings. The number of nitrogens with zero attached hydrogens (tertiary/aromatic N) is 3. The third kappa shape index (κ3) is 5.22. The van der Waals surface area contributed by atoms with Gasteiger partial charge in [0.1, 0.15) is 11.3 Å². The van der Waals surface area contributed by atoms with Crippen molar-refractivity contribution in [2.45, 2.75) is 38.6 Å². The summed E-state index contributed by atoms with van der Waals surface area (Å²) in [6.07, 6.45) is 5.25. The molecule has 0 radical (unpaired) electrons. The van der Waals surface area contributed by atoms with Crippen molar-refractivity contribution in [3.8, 4) is 11.6 Å². The Morgan fingerprint density at radius 3 is 2.52 bits per heavy atom. The summed E-state index contributed by atoms with van der Waals surface area (Å²) in [5.74, 6) is 0.857. The lowest BCUT2D eigenvalue weighted by atomic mass is 10.0. The zero-order valence-electron chi connectivity index (χ0n) is 19.0. The molecular weight excluding hydrogens is 420 g/mol. The fourth-order valence-electron chi connectivity index (χ4n) is 3.87. The number of esters is 1. The average Bonchev–Trinajstić information content (AvgIpc) is 3.58. The van der Waals surface area contributed by atoms with Crippen molar-refractivity contribution < 1.29 is 19.1 Å². The van der Waals surface area contributed by atoms with Gasteiger partial charge in [0, 0.05) is 6.20 Å². The molecular formula is C25H28N4O4. The smallest absolute Gasteiger partial charge is 0.342 e. The van der Waals surface area contributed by atoms with E-state index in [1.165, 1.54) is 6.20 Å². The molecule has 8 heteroatoms. The minimum absolute atomic E-state index is 0.000187. The number of amides is 1. The molecule has 3 aromatic rings. The highest BCUT2D eigenvalue weighted by Gasteiger charge is 2.33. The number of hydrogen-bond acceptors (Lipinski definition) is 6. The van der Waals surface area contributed by atoms with Gasteiger partial charge in [0.2, 0.25) is 0 Å². The van der Waals surface area contributed by atoms with E-state index in [4.69, 9.17) is 9.47 Å². The Labute approximate surface area is 192 Å². The monoisotopic (exact) mass is 448 g/mol. The first-order valence-corrected chi connectivity index (χ1v) is 11.1. The lowest BCUT2D eigenvalue weighted by Crippen LogP contribution is -2.33. The number of hydrogen-bond donors (Lipinski definition) is 1. The van der Waals surface area contributed by atoms with Gasteiger partial charge in [-0.25, -0.2) is 14.5 Å². The minimum Gasteiger partial charge on any atom is -0.497 e. The maximum absolute atomic E-state index is 12.8. The molecule has 0 bridgehead atoms. The predicted octanol–water partition coefficient (Wildman–Crippen LogP) is 3.82. The lowest BCUT2D eigenvalue weighted by Gasteiger charge is -2.19. The van der Waals surface area contributed by atoms with Crippen molar-refractivity contribution >= 4 is 11.9 Å². The number of carbonyl (C=O) groups excluding carboxylic acids is 2. The molecule has 1 atom stereocenters. The van der Waals surface area contributed by atoms with Crippen LogP contribution in [-0.2, 0) is 9.53 Å². The van der Waals surface area contributed by atoms with E-state index in [2.05, 4.69) is 15.4 Å². The van der Waals surface area contributed by atoms with Gasteiger partial charge in [0.15, 0.2) is 12.4 Å². The van der Waals surface area contributed by atoms with Crippen LogP contribution in [0, 0.1) is 5.92 Å². The lowest BCUT2D eigenvalue weighted by molar-refractivity contribution is -0.125. The van der Waals surface area contributed by atoms with Gasteiger partial charge >= 0.3 is 5.97 Å². The fraction of sp³-hybridized carbons (Fsp3) is 0.360. The number of rotatable bonds is 9. The number of nitrogens with one attached hydrogen (secondary N) is 1. The Morgan fingerprint density at radius 2 is 1.91 bits per heavy atom. The highest BCUT2D eigenvalue weighted by atomic mass is 16.5. The van der Waals surface area contributed by atoms with Crippen LogP contribution >= 0.6 is 0 Å². The first-order chi connectivity index (χ1) is 16.0. The molecule has 0 aliphatic heterocycles. The summed E-state index contributed by atoms with van der Waals surface area (Å²) in [5.41, 5.74) is 2.03. The second-order valence-electron chi connectivity index (χ2n) is 8.43. The molecule has 1 aliphatic carbocycles. The molecule has 0 saturated heterocycles.